The largest absolute Gasteiger partial charge is 0.434 e. The van der Waals surface area contributed by atoms with Crippen molar-refractivity contribution in [3.63, 3.8) is 0 Å². The minimum atomic E-state index is -4.51. The average molecular weight is 327 g/mol. The Morgan fingerprint density at radius 3 is 2.37 bits per heavy atom. The van der Waals surface area contributed by atoms with Crippen LogP contribution in [0.2, 0.25) is 10.0 Å². The summed E-state index contributed by atoms with van der Waals surface area (Å²) in [6.07, 6.45) is -4.51. The standard InChI is InChI=1S/C11H7Cl2F3N2S/c12-6-2-1-5(3-7(6)13)10-18-9(11(14,15)16)8(4-17)19-10/h1-3H,4,17H2. The predicted octanol–water partition coefficient (Wildman–Crippen LogP) is 4.59. The van der Waals surface area contributed by atoms with Crippen molar-refractivity contribution in [1.29, 1.82) is 0 Å². The molecule has 0 radical (unpaired) electrons. The Balaban J connectivity index is 2.51. The zero-order chi connectivity index (χ0) is 14.2. The first-order chi connectivity index (χ1) is 8.82. The second kappa shape index (κ2) is 5.28. The Kier molecular flexibility index (Phi) is 4.06. The number of benzene rings is 1. The number of thiazole rings is 1. The lowest BCUT2D eigenvalue weighted by atomic mass is 10.2. The van der Waals surface area contributed by atoms with Gasteiger partial charge in [0.1, 0.15) is 5.01 Å². The Morgan fingerprint density at radius 1 is 1.21 bits per heavy atom. The van der Waals surface area contributed by atoms with Gasteiger partial charge in [-0.3, -0.25) is 0 Å². The van der Waals surface area contributed by atoms with E-state index < -0.39 is 11.9 Å². The molecule has 102 valence electrons. The van der Waals surface area contributed by atoms with Gasteiger partial charge < -0.3 is 5.73 Å². The average Bonchev–Trinajstić information content (AvgIpc) is 2.76. The molecule has 0 atom stereocenters. The number of hydrogen-bond acceptors (Lipinski definition) is 3. The summed E-state index contributed by atoms with van der Waals surface area (Å²) < 4.78 is 38.2. The first-order valence-electron chi connectivity index (χ1n) is 5.05. The highest BCUT2D eigenvalue weighted by Crippen LogP contribution is 2.38. The molecule has 2 rings (SSSR count). The summed E-state index contributed by atoms with van der Waals surface area (Å²) in [5.74, 6) is 0. The maximum atomic E-state index is 12.7. The number of hydrogen-bond donors (Lipinski definition) is 1. The second-order valence-electron chi connectivity index (χ2n) is 3.62. The van der Waals surface area contributed by atoms with Gasteiger partial charge in [0.25, 0.3) is 0 Å². The third-order valence-electron chi connectivity index (χ3n) is 2.32. The van der Waals surface area contributed by atoms with Crippen LogP contribution in [0.25, 0.3) is 10.6 Å². The minimum absolute atomic E-state index is 0.00595. The molecular weight excluding hydrogens is 320 g/mol. The molecule has 0 bridgehead atoms. The normalized spacial score (nSPS) is 11.9. The molecule has 0 aliphatic carbocycles. The van der Waals surface area contributed by atoms with Crippen molar-refractivity contribution in [3.05, 3.63) is 38.8 Å². The molecule has 0 aliphatic rings. The van der Waals surface area contributed by atoms with Gasteiger partial charge in [-0.25, -0.2) is 4.98 Å². The van der Waals surface area contributed by atoms with Crippen molar-refractivity contribution in [2.75, 3.05) is 0 Å². The van der Waals surface area contributed by atoms with Crippen LogP contribution >= 0.6 is 34.5 Å². The molecule has 0 aliphatic heterocycles. The van der Waals surface area contributed by atoms with E-state index in [1.54, 1.807) is 6.07 Å². The summed E-state index contributed by atoms with van der Waals surface area (Å²) in [4.78, 5) is 3.60. The molecule has 0 saturated carbocycles. The molecule has 19 heavy (non-hydrogen) atoms. The van der Waals surface area contributed by atoms with E-state index in [4.69, 9.17) is 28.9 Å². The quantitative estimate of drug-likeness (QED) is 0.876. The van der Waals surface area contributed by atoms with Crippen molar-refractivity contribution < 1.29 is 13.2 Å². The fourth-order valence-electron chi connectivity index (χ4n) is 1.46. The number of nitrogens with zero attached hydrogens (tertiary/aromatic N) is 1. The van der Waals surface area contributed by atoms with Crippen molar-refractivity contribution in [2.45, 2.75) is 12.7 Å². The summed E-state index contributed by atoms with van der Waals surface area (Å²) >= 11 is 12.5. The molecule has 0 unspecified atom stereocenters. The summed E-state index contributed by atoms with van der Waals surface area (Å²) in [6, 6.07) is 4.55. The molecule has 0 fully saturated rings. The van der Waals surface area contributed by atoms with Crippen molar-refractivity contribution in [3.8, 4) is 10.6 Å². The highest BCUT2D eigenvalue weighted by molar-refractivity contribution is 7.15. The number of nitrogens with two attached hydrogens (primary N) is 1. The molecule has 0 saturated heterocycles. The van der Waals surface area contributed by atoms with Gasteiger partial charge in [-0.15, -0.1) is 11.3 Å². The lowest BCUT2D eigenvalue weighted by Gasteiger charge is -2.03. The van der Waals surface area contributed by atoms with Gasteiger partial charge in [-0.2, -0.15) is 13.2 Å². The van der Waals surface area contributed by atoms with E-state index in [2.05, 4.69) is 4.98 Å². The van der Waals surface area contributed by atoms with Crippen molar-refractivity contribution in [2.24, 2.45) is 5.73 Å². The molecule has 2 N–H and O–H groups in total. The topological polar surface area (TPSA) is 38.9 Å². The Labute approximate surface area is 121 Å². The molecule has 2 nitrogen and oxygen atoms in total. The van der Waals surface area contributed by atoms with Crippen LogP contribution in [0, 0.1) is 0 Å². The van der Waals surface area contributed by atoms with Gasteiger partial charge in [-0.1, -0.05) is 29.3 Å². The minimum Gasteiger partial charge on any atom is -0.326 e. The van der Waals surface area contributed by atoms with Crippen LogP contribution in [0.5, 0.6) is 0 Å². The first kappa shape index (κ1) is 14.6. The molecule has 0 spiro atoms. The maximum absolute atomic E-state index is 12.7. The monoisotopic (exact) mass is 326 g/mol. The molecule has 0 amide bonds. The molecule has 1 heterocycles. The predicted molar refractivity (Wildman–Crippen MR) is 70.5 cm³/mol. The third kappa shape index (κ3) is 3.02. The third-order valence-corrected chi connectivity index (χ3v) is 4.18. The molecule has 8 heteroatoms. The van der Waals surface area contributed by atoms with Gasteiger partial charge >= 0.3 is 6.18 Å². The molecular formula is C11H7Cl2F3N2S. The van der Waals surface area contributed by atoms with Crippen LogP contribution in [0.3, 0.4) is 0 Å². The van der Waals surface area contributed by atoms with Crippen molar-refractivity contribution >= 4 is 34.5 Å². The summed E-state index contributed by atoms with van der Waals surface area (Å²) in [7, 11) is 0. The number of alkyl halides is 3. The van der Waals surface area contributed by atoms with Gasteiger partial charge in [0, 0.05) is 12.1 Å². The smallest absolute Gasteiger partial charge is 0.326 e. The number of halogens is 5. The van der Waals surface area contributed by atoms with E-state index in [1.165, 1.54) is 12.1 Å². The van der Waals surface area contributed by atoms with Gasteiger partial charge in [-0.05, 0) is 12.1 Å². The van der Waals surface area contributed by atoms with E-state index in [0.717, 1.165) is 11.3 Å². The number of aromatic nitrogens is 1. The maximum Gasteiger partial charge on any atom is 0.434 e. The van der Waals surface area contributed by atoms with Crippen LogP contribution in [0.15, 0.2) is 18.2 Å². The van der Waals surface area contributed by atoms with E-state index in [9.17, 15) is 13.2 Å². The van der Waals surface area contributed by atoms with Crippen LogP contribution in [-0.2, 0) is 12.7 Å². The van der Waals surface area contributed by atoms with Crippen LogP contribution < -0.4 is 5.73 Å². The van der Waals surface area contributed by atoms with Gasteiger partial charge in [0.15, 0.2) is 5.69 Å². The van der Waals surface area contributed by atoms with E-state index >= 15 is 0 Å². The summed E-state index contributed by atoms with van der Waals surface area (Å²) in [5, 5.41) is 0.806. The Bertz CT molecular complexity index is 610. The van der Waals surface area contributed by atoms with E-state index in [0.29, 0.717) is 10.6 Å². The fourth-order valence-corrected chi connectivity index (χ4v) is 2.72. The van der Waals surface area contributed by atoms with Crippen LogP contribution in [0.4, 0.5) is 13.2 Å². The Hall–Kier alpha value is -0.820. The summed E-state index contributed by atoms with van der Waals surface area (Å²) in [5.41, 5.74) is 4.85. The van der Waals surface area contributed by atoms with Crippen LogP contribution in [0.1, 0.15) is 10.6 Å². The summed E-state index contributed by atoms with van der Waals surface area (Å²) in [6.45, 7) is -0.214. The zero-order valence-corrected chi connectivity index (χ0v) is 11.6. The lowest BCUT2D eigenvalue weighted by Crippen LogP contribution is -2.10. The van der Waals surface area contributed by atoms with Crippen molar-refractivity contribution in [1.82, 2.24) is 4.98 Å². The van der Waals surface area contributed by atoms with Gasteiger partial charge in [0.2, 0.25) is 0 Å². The SMILES string of the molecule is NCc1sc(-c2ccc(Cl)c(Cl)c2)nc1C(F)(F)F. The highest BCUT2D eigenvalue weighted by Gasteiger charge is 2.37. The Morgan fingerprint density at radius 2 is 1.89 bits per heavy atom. The fraction of sp³-hybridized carbons (Fsp3) is 0.182. The van der Waals surface area contributed by atoms with Crippen LogP contribution in [-0.4, -0.2) is 4.98 Å². The highest BCUT2D eigenvalue weighted by atomic mass is 35.5. The molecule has 1 aromatic carbocycles. The van der Waals surface area contributed by atoms with E-state index in [-0.39, 0.29) is 21.5 Å². The van der Waals surface area contributed by atoms with Gasteiger partial charge in [0.05, 0.1) is 14.9 Å². The number of rotatable bonds is 2. The first-order valence-corrected chi connectivity index (χ1v) is 6.62. The lowest BCUT2D eigenvalue weighted by molar-refractivity contribution is -0.141. The molecule has 2 aromatic rings. The molecule has 1 aromatic heterocycles. The van der Waals surface area contributed by atoms with E-state index in [1.807, 2.05) is 0 Å². The second-order valence-corrected chi connectivity index (χ2v) is 5.52. The zero-order valence-electron chi connectivity index (χ0n) is 9.26.